The van der Waals surface area contributed by atoms with Crippen molar-refractivity contribution in [3.05, 3.63) is 29.6 Å². The van der Waals surface area contributed by atoms with Crippen LogP contribution in [-0.4, -0.2) is 20.7 Å². The van der Waals surface area contributed by atoms with Crippen LogP contribution in [0.15, 0.2) is 23.1 Å². The summed E-state index contributed by atoms with van der Waals surface area (Å²) in [5.74, 6) is -0.404. The number of sulfone groups is 1. The molecule has 1 aromatic rings. The Morgan fingerprint density at radius 3 is 2.67 bits per heavy atom. The van der Waals surface area contributed by atoms with Crippen molar-refractivity contribution in [3.8, 4) is 0 Å². The van der Waals surface area contributed by atoms with Crippen molar-refractivity contribution in [2.24, 2.45) is 0 Å². The molecule has 0 amide bonds. The Labute approximate surface area is 88.2 Å². The number of nitrogens with one attached hydrogen (secondary N) is 1. The summed E-state index contributed by atoms with van der Waals surface area (Å²) in [5, 5.41) is 2.36. The molecule has 82 valence electrons. The molecule has 0 aliphatic carbocycles. The molecule has 0 radical (unpaired) electrons. The Hall–Kier alpha value is -0.940. The summed E-state index contributed by atoms with van der Waals surface area (Å²) >= 11 is 0. The van der Waals surface area contributed by atoms with Crippen LogP contribution in [0, 0.1) is 5.82 Å². The maximum atomic E-state index is 13.0. The quantitative estimate of drug-likeness (QED) is 0.737. The normalized spacial score (nSPS) is 27.7. The van der Waals surface area contributed by atoms with E-state index >= 15 is 0 Å². The van der Waals surface area contributed by atoms with E-state index in [1.54, 1.807) is 14.0 Å². The fourth-order valence-electron chi connectivity index (χ4n) is 2.04. The Bertz CT molecular complexity index is 498. The molecule has 0 aromatic heterocycles. The molecule has 1 aliphatic heterocycles. The summed E-state index contributed by atoms with van der Waals surface area (Å²) in [6, 6.07) is 3.49. The Morgan fingerprint density at radius 2 is 2.07 bits per heavy atom. The molecule has 1 aromatic carbocycles. The maximum absolute atomic E-state index is 13.0. The van der Waals surface area contributed by atoms with Crippen LogP contribution in [0.5, 0.6) is 0 Å². The van der Waals surface area contributed by atoms with E-state index in [1.807, 2.05) is 0 Å². The van der Waals surface area contributed by atoms with Crippen LogP contribution in [0.1, 0.15) is 18.5 Å². The predicted octanol–water partition coefficient (Wildman–Crippen LogP) is 1.26. The lowest BCUT2D eigenvalue weighted by atomic mass is 10.1. The van der Waals surface area contributed by atoms with Gasteiger partial charge in [0.05, 0.1) is 16.2 Å². The number of hydrogen-bond donors (Lipinski definition) is 1. The molecule has 0 spiro atoms. The second-order valence-electron chi connectivity index (χ2n) is 3.70. The van der Waals surface area contributed by atoms with Gasteiger partial charge in [0.1, 0.15) is 5.82 Å². The molecule has 0 saturated heterocycles. The molecular weight excluding hydrogens is 217 g/mol. The van der Waals surface area contributed by atoms with Gasteiger partial charge in [0.15, 0.2) is 9.84 Å². The van der Waals surface area contributed by atoms with Gasteiger partial charge in [-0.2, -0.15) is 0 Å². The lowest BCUT2D eigenvalue weighted by molar-refractivity contribution is 0.550. The molecule has 1 heterocycles. The first kappa shape index (κ1) is 10.6. The van der Waals surface area contributed by atoms with Crippen molar-refractivity contribution in [2.45, 2.75) is 23.1 Å². The predicted molar refractivity (Wildman–Crippen MR) is 54.8 cm³/mol. The van der Waals surface area contributed by atoms with Gasteiger partial charge < -0.3 is 5.32 Å². The summed E-state index contributed by atoms with van der Waals surface area (Å²) in [5.41, 5.74) is 0.532. The third kappa shape index (κ3) is 1.38. The van der Waals surface area contributed by atoms with E-state index in [-0.39, 0.29) is 10.9 Å². The molecule has 3 nitrogen and oxygen atoms in total. The smallest absolute Gasteiger partial charge is 0.183 e. The van der Waals surface area contributed by atoms with Crippen molar-refractivity contribution < 1.29 is 12.8 Å². The third-order valence-corrected chi connectivity index (χ3v) is 5.12. The zero-order valence-corrected chi connectivity index (χ0v) is 9.31. The SMILES string of the molecule is CNC1c2cc(F)ccc2S(=O)(=O)C1C. The van der Waals surface area contributed by atoms with Gasteiger partial charge in [0.2, 0.25) is 0 Å². The fraction of sp³-hybridized carbons (Fsp3) is 0.400. The zero-order chi connectivity index (χ0) is 11.2. The Balaban J connectivity index is 2.70. The zero-order valence-electron chi connectivity index (χ0n) is 8.49. The molecule has 2 rings (SSSR count). The van der Waals surface area contributed by atoms with Gasteiger partial charge in [-0.1, -0.05) is 0 Å². The van der Waals surface area contributed by atoms with Crippen LogP contribution in [0.4, 0.5) is 4.39 Å². The summed E-state index contributed by atoms with van der Waals surface area (Å²) in [4.78, 5) is 0.246. The van der Waals surface area contributed by atoms with Gasteiger partial charge in [-0.05, 0) is 37.7 Å². The maximum Gasteiger partial charge on any atom is 0.183 e. The highest BCUT2D eigenvalue weighted by Crippen LogP contribution is 2.38. The topological polar surface area (TPSA) is 46.2 Å². The minimum atomic E-state index is -3.29. The van der Waals surface area contributed by atoms with Crippen LogP contribution < -0.4 is 5.32 Å². The molecule has 1 N–H and O–H groups in total. The summed E-state index contributed by atoms with van der Waals surface area (Å²) in [7, 11) is -1.61. The van der Waals surface area contributed by atoms with Crippen LogP contribution in [0.25, 0.3) is 0 Å². The lowest BCUT2D eigenvalue weighted by Crippen LogP contribution is -2.26. The fourth-order valence-corrected chi connectivity index (χ4v) is 3.86. The van der Waals surface area contributed by atoms with Gasteiger partial charge in [0.25, 0.3) is 0 Å². The minimum Gasteiger partial charge on any atom is -0.312 e. The average molecular weight is 229 g/mol. The van der Waals surface area contributed by atoms with E-state index in [0.29, 0.717) is 5.56 Å². The molecule has 0 saturated carbocycles. The van der Waals surface area contributed by atoms with Gasteiger partial charge in [-0.3, -0.25) is 0 Å². The first-order chi connectivity index (χ1) is 6.98. The van der Waals surface area contributed by atoms with Crippen molar-refractivity contribution in [3.63, 3.8) is 0 Å². The molecule has 15 heavy (non-hydrogen) atoms. The molecule has 0 bridgehead atoms. The highest BCUT2D eigenvalue weighted by Gasteiger charge is 2.41. The molecule has 0 fully saturated rings. The second-order valence-corrected chi connectivity index (χ2v) is 5.97. The van der Waals surface area contributed by atoms with Crippen LogP contribution in [0.3, 0.4) is 0 Å². The van der Waals surface area contributed by atoms with E-state index in [9.17, 15) is 12.8 Å². The van der Waals surface area contributed by atoms with Crippen molar-refractivity contribution in [1.29, 1.82) is 0 Å². The van der Waals surface area contributed by atoms with Crippen molar-refractivity contribution >= 4 is 9.84 Å². The molecule has 2 atom stereocenters. The lowest BCUT2D eigenvalue weighted by Gasteiger charge is -2.13. The first-order valence-electron chi connectivity index (χ1n) is 4.69. The van der Waals surface area contributed by atoms with E-state index in [4.69, 9.17) is 0 Å². The summed E-state index contributed by atoms with van der Waals surface area (Å²) < 4.78 is 36.8. The van der Waals surface area contributed by atoms with Crippen LogP contribution in [-0.2, 0) is 9.84 Å². The van der Waals surface area contributed by atoms with E-state index in [1.165, 1.54) is 18.2 Å². The number of halogens is 1. The standard InChI is InChI=1S/C10H12FNO2S/c1-6-10(12-2)8-5-7(11)3-4-9(8)15(6,13)14/h3-6,10,12H,1-2H3. The Kier molecular flexibility index (Phi) is 2.31. The van der Waals surface area contributed by atoms with E-state index in [0.717, 1.165) is 0 Å². The molecule has 5 heteroatoms. The molecular formula is C10H12FNO2S. The third-order valence-electron chi connectivity index (χ3n) is 2.88. The van der Waals surface area contributed by atoms with Crippen LogP contribution in [0.2, 0.25) is 0 Å². The minimum absolute atomic E-state index is 0.246. The van der Waals surface area contributed by atoms with Crippen molar-refractivity contribution in [1.82, 2.24) is 5.32 Å². The second kappa shape index (κ2) is 3.28. The monoisotopic (exact) mass is 229 g/mol. The highest BCUT2D eigenvalue weighted by atomic mass is 32.2. The average Bonchev–Trinajstić information content (AvgIpc) is 2.35. The molecule has 1 aliphatic rings. The first-order valence-corrected chi connectivity index (χ1v) is 6.23. The molecule has 2 unspecified atom stereocenters. The largest absolute Gasteiger partial charge is 0.312 e. The highest BCUT2D eigenvalue weighted by molar-refractivity contribution is 7.92. The van der Waals surface area contributed by atoms with E-state index in [2.05, 4.69) is 5.32 Å². The van der Waals surface area contributed by atoms with Gasteiger partial charge >= 0.3 is 0 Å². The van der Waals surface area contributed by atoms with Gasteiger partial charge in [-0.15, -0.1) is 0 Å². The van der Waals surface area contributed by atoms with Gasteiger partial charge in [-0.25, -0.2) is 12.8 Å². The van der Waals surface area contributed by atoms with Crippen LogP contribution >= 0.6 is 0 Å². The Morgan fingerprint density at radius 1 is 1.40 bits per heavy atom. The van der Waals surface area contributed by atoms with Crippen molar-refractivity contribution in [2.75, 3.05) is 7.05 Å². The number of rotatable bonds is 1. The number of hydrogen-bond acceptors (Lipinski definition) is 3. The number of benzene rings is 1. The summed E-state index contributed by atoms with van der Waals surface area (Å²) in [6.07, 6.45) is 0. The number of fused-ring (bicyclic) bond motifs is 1. The summed E-state index contributed by atoms with van der Waals surface area (Å²) in [6.45, 7) is 1.63. The van der Waals surface area contributed by atoms with E-state index < -0.39 is 20.9 Å². The van der Waals surface area contributed by atoms with Gasteiger partial charge in [0, 0.05) is 0 Å².